The monoisotopic (exact) mass is 491 g/mol. The van der Waals surface area contributed by atoms with Crippen molar-refractivity contribution in [3.05, 3.63) is 30.4 Å². The standard InChI is InChI=1S/C25H29N7O2S/c1-2-34-17-9-10-18-19(13-17)35-25(28-18)30-24(33)16-7-6-11-31(14-16)22-21-23(27-15-26-22)32-12-5-3-4-8-20(32)29-21/h9-10,13,15-16H,2-8,11-12,14H2,1H3,(H,28,30,33)/t16-/m0/s1. The minimum Gasteiger partial charge on any atom is -0.494 e. The van der Waals surface area contributed by atoms with E-state index in [1.807, 2.05) is 25.1 Å². The van der Waals surface area contributed by atoms with Gasteiger partial charge >= 0.3 is 0 Å². The molecule has 6 rings (SSSR count). The van der Waals surface area contributed by atoms with Gasteiger partial charge in [-0.2, -0.15) is 0 Å². The third-order valence-electron chi connectivity index (χ3n) is 6.87. The highest BCUT2D eigenvalue weighted by atomic mass is 32.1. The molecule has 0 unspecified atom stereocenters. The van der Waals surface area contributed by atoms with E-state index in [0.717, 1.165) is 84.0 Å². The second-order valence-electron chi connectivity index (χ2n) is 9.22. The van der Waals surface area contributed by atoms with Gasteiger partial charge in [0.1, 0.15) is 17.9 Å². The molecule has 1 fully saturated rings. The summed E-state index contributed by atoms with van der Waals surface area (Å²) in [6.07, 6.45) is 7.94. The predicted octanol–water partition coefficient (Wildman–Crippen LogP) is 4.42. The first-order valence-corrected chi connectivity index (χ1v) is 13.3. The number of amides is 1. The number of nitrogens with zero attached hydrogens (tertiary/aromatic N) is 6. The lowest BCUT2D eigenvalue weighted by Crippen LogP contribution is -2.41. The SMILES string of the molecule is CCOc1ccc2nc(NC(=O)[C@H]3CCCN(c4ncnc5c4nc4n5CCCCC4)C3)sc2c1. The van der Waals surface area contributed by atoms with Gasteiger partial charge in [-0.05, 0) is 50.8 Å². The number of piperidine rings is 1. The van der Waals surface area contributed by atoms with Crippen LogP contribution in [0.15, 0.2) is 24.5 Å². The van der Waals surface area contributed by atoms with E-state index in [2.05, 4.69) is 29.7 Å². The van der Waals surface area contributed by atoms with Gasteiger partial charge in [0.05, 0.1) is 22.7 Å². The Morgan fingerprint density at radius 2 is 2.11 bits per heavy atom. The number of carbonyl (C=O) groups excluding carboxylic acids is 1. The number of thiazole rings is 1. The molecule has 0 radical (unpaired) electrons. The van der Waals surface area contributed by atoms with Crippen molar-refractivity contribution in [2.24, 2.45) is 5.92 Å². The molecule has 4 aromatic rings. The Morgan fingerprint density at radius 1 is 1.17 bits per heavy atom. The van der Waals surface area contributed by atoms with E-state index in [-0.39, 0.29) is 11.8 Å². The fourth-order valence-electron chi connectivity index (χ4n) is 5.16. The number of aryl methyl sites for hydroxylation is 2. The van der Waals surface area contributed by atoms with Crippen LogP contribution < -0.4 is 15.0 Å². The molecule has 5 heterocycles. The minimum absolute atomic E-state index is 0.00436. The number of benzene rings is 1. The highest BCUT2D eigenvalue weighted by Crippen LogP contribution is 2.32. The van der Waals surface area contributed by atoms with E-state index in [1.54, 1.807) is 6.33 Å². The Bertz CT molecular complexity index is 1380. The van der Waals surface area contributed by atoms with Crippen LogP contribution in [-0.4, -0.2) is 50.1 Å². The number of fused-ring (bicyclic) bond motifs is 4. The summed E-state index contributed by atoms with van der Waals surface area (Å²) in [5.41, 5.74) is 2.64. The first-order chi connectivity index (χ1) is 17.2. The van der Waals surface area contributed by atoms with Crippen LogP contribution in [0.5, 0.6) is 5.75 Å². The molecule has 0 aliphatic carbocycles. The molecule has 182 valence electrons. The molecule has 2 aliphatic rings. The highest BCUT2D eigenvalue weighted by Gasteiger charge is 2.29. The number of hydrogen-bond acceptors (Lipinski definition) is 8. The lowest BCUT2D eigenvalue weighted by Gasteiger charge is -2.32. The van der Waals surface area contributed by atoms with Gasteiger partial charge in [0, 0.05) is 26.1 Å². The van der Waals surface area contributed by atoms with Gasteiger partial charge in [-0.25, -0.2) is 19.9 Å². The summed E-state index contributed by atoms with van der Waals surface area (Å²) in [7, 11) is 0. The molecule has 2 aliphatic heterocycles. The molecule has 0 bridgehead atoms. The number of hydrogen-bond donors (Lipinski definition) is 1. The van der Waals surface area contributed by atoms with E-state index in [9.17, 15) is 4.79 Å². The number of aromatic nitrogens is 5. The van der Waals surface area contributed by atoms with E-state index in [0.29, 0.717) is 18.3 Å². The maximum Gasteiger partial charge on any atom is 0.231 e. The number of anilines is 2. The molecule has 0 spiro atoms. The number of ether oxygens (including phenoxy) is 1. The van der Waals surface area contributed by atoms with Crippen molar-refractivity contribution in [3.63, 3.8) is 0 Å². The first kappa shape index (κ1) is 22.2. The van der Waals surface area contributed by atoms with Crippen LogP contribution in [0.1, 0.15) is 44.9 Å². The number of rotatable bonds is 5. The van der Waals surface area contributed by atoms with Crippen LogP contribution in [-0.2, 0) is 17.8 Å². The van der Waals surface area contributed by atoms with E-state index in [1.165, 1.54) is 17.8 Å². The van der Waals surface area contributed by atoms with E-state index in [4.69, 9.17) is 9.72 Å². The van der Waals surface area contributed by atoms with Crippen LogP contribution in [0.3, 0.4) is 0 Å². The normalized spacial score (nSPS) is 18.4. The molecule has 1 N–H and O–H groups in total. The fraction of sp³-hybridized carbons (Fsp3) is 0.480. The zero-order valence-corrected chi connectivity index (χ0v) is 20.7. The van der Waals surface area contributed by atoms with Crippen LogP contribution in [0.25, 0.3) is 21.4 Å². The van der Waals surface area contributed by atoms with Crippen molar-refractivity contribution in [2.75, 3.05) is 29.9 Å². The Hall–Kier alpha value is -3.27. The summed E-state index contributed by atoms with van der Waals surface area (Å²) >= 11 is 1.48. The largest absolute Gasteiger partial charge is 0.494 e. The average Bonchev–Trinajstić information content (AvgIpc) is 3.35. The topological polar surface area (TPSA) is 98.1 Å². The van der Waals surface area contributed by atoms with Crippen molar-refractivity contribution in [2.45, 2.75) is 52.0 Å². The van der Waals surface area contributed by atoms with Gasteiger partial charge in [0.25, 0.3) is 0 Å². The van der Waals surface area contributed by atoms with Gasteiger partial charge in [-0.15, -0.1) is 0 Å². The molecule has 0 saturated carbocycles. The van der Waals surface area contributed by atoms with Crippen LogP contribution in [0, 0.1) is 5.92 Å². The fourth-order valence-corrected chi connectivity index (χ4v) is 6.06. The van der Waals surface area contributed by atoms with Gasteiger partial charge in [0.2, 0.25) is 5.91 Å². The molecular formula is C25H29N7O2S. The molecule has 9 nitrogen and oxygen atoms in total. The molecule has 1 saturated heterocycles. The lowest BCUT2D eigenvalue weighted by molar-refractivity contribution is -0.120. The molecule has 10 heteroatoms. The predicted molar refractivity (Wildman–Crippen MR) is 137 cm³/mol. The second-order valence-corrected chi connectivity index (χ2v) is 10.2. The lowest BCUT2D eigenvalue weighted by atomic mass is 9.97. The average molecular weight is 492 g/mol. The van der Waals surface area contributed by atoms with Crippen molar-refractivity contribution in [1.29, 1.82) is 0 Å². The van der Waals surface area contributed by atoms with Crippen molar-refractivity contribution < 1.29 is 9.53 Å². The van der Waals surface area contributed by atoms with Crippen molar-refractivity contribution >= 4 is 49.6 Å². The molecule has 1 amide bonds. The van der Waals surface area contributed by atoms with E-state index >= 15 is 0 Å². The quantitative estimate of drug-likeness (QED) is 0.441. The minimum atomic E-state index is -0.139. The van der Waals surface area contributed by atoms with Crippen LogP contribution in [0.2, 0.25) is 0 Å². The maximum atomic E-state index is 13.2. The third kappa shape index (κ3) is 4.31. The summed E-state index contributed by atoms with van der Waals surface area (Å²) in [6, 6.07) is 5.82. The number of imidazole rings is 1. The number of nitrogens with one attached hydrogen (secondary N) is 1. The van der Waals surface area contributed by atoms with Crippen LogP contribution >= 0.6 is 11.3 Å². The summed E-state index contributed by atoms with van der Waals surface area (Å²) in [5, 5.41) is 3.68. The highest BCUT2D eigenvalue weighted by molar-refractivity contribution is 7.22. The zero-order valence-electron chi connectivity index (χ0n) is 19.9. The molecule has 1 aromatic carbocycles. The molecule has 1 atom stereocenters. The summed E-state index contributed by atoms with van der Waals surface area (Å²) < 4.78 is 8.84. The zero-order chi connectivity index (χ0) is 23.8. The molecule has 35 heavy (non-hydrogen) atoms. The van der Waals surface area contributed by atoms with E-state index < -0.39 is 0 Å². The number of carbonyl (C=O) groups is 1. The maximum absolute atomic E-state index is 13.2. The molecule has 3 aromatic heterocycles. The Kier molecular flexibility index (Phi) is 5.97. The van der Waals surface area contributed by atoms with Crippen molar-refractivity contribution in [1.82, 2.24) is 24.5 Å². The first-order valence-electron chi connectivity index (χ1n) is 12.5. The van der Waals surface area contributed by atoms with Gasteiger partial charge in [-0.3, -0.25) is 4.79 Å². The molecular weight excluding hydrogens is 462 g/mol. The summed E-state index contributed by atoms with van der Waals surface area (Å²) in [6.45, 7) is 5.01. The Balaban J connectivity index is 1.20. The Morgan fingerprint density at radius 3 is 3.03 bits per heavy atom. The van der Waals surface area contributed by atoms with Crippen molar-refractivity contribution in [3.8, 4) is 5.75 Å². The smallest absolute Gasteiger partial charge is 0.231 e. The second kappa shape index (κ2) is 9.41. The summed E-state index contributed by atoms with van der Waals surface area (Å²) in [4.78, 5) is 34.1. The third-order valence-corrected chi connectivity index (χ3v) is 7.80. The summed E-state index contributed by atoms with van der Waals surface area (Å²) in [5.74, 6) is 2.63. The van der Waals surface area contributed by atoms with Gasteiger partial charge in [0.15, 0.2) is 22.1 Å². The van der Waals surface area contributed by atoms with Crippen LogP contribution in [0.4, 0.5) is 10.9 Å². The Labute approximate surface area is 207 Å². The van der Waals surface area contributed by atoms with Gasteiger partial charge < -0.3 is 19.5 Å². The van der Waals surface area contributed by atoms with Gasteiger partial charge in [-0.1, -0.05) is 17.8 Å².